The minimum atomic E-state index is 1.08. The van der Waals surface area contributed by atoms with Crippen LogP contribution in [0.4, 0.5) is 0 Å². The second-order valence-corrected chi connectivity index (χ2v) is 5.67. The molecule has 0 heterocycles. The van der Waals surface area contributed by atoms with Crippen molar-refractivity contribution in [1.82, 2.24) is 5.32 Å². The van der Waals surface area contributed by atoms with E-state index in [2.05, 4.69) is 66.0 Å². The van der Waals surface area contributed by atoms with Crippen molar-refractivity contribution in [1.29, 1.82) is 0 Å². The topological polar surface area (TPSA) is 12.0 Å². The average molecular weight is 271 g/mol. The summed E-state index contributed by atoms with van der Waals surface area (Å²) < 4.78 is 0. The number of nitrogens with one attached hydrogen (secondary N) is 1. The minimum Gasteiger partial charge on any atom is -0.316 e. The van der Waals surface area contributed by atoms with Gasteiger partial charge in [0.05, 0.1) is 0 Å². The van der Waals surface area contributed by atoms with Crippen molar-refractivity contribution >= 4 is 11.8 Å². The van der Waals surface area contributed by atoms with Crippen LogP contribution in [0, 0.1) is 0 Å². The molecular formula is C17H21NS. The van der Waals surface area contributed by atoms with Crippen LogP contribution in [0.15, 0.2) is 65.6 Å². The van der Waals surface area contributed by atoms with Crippen molar-refractivity contribution in [3.05, 3.63) is 66.2 Å². The zero-order valence-corrected chi connectivity index (χ0v) is 12.0. The first-order valence-corrected chi connectivity index (χ1v) is 7.86. The number of benzene rings is 2. The van der Waals surface area contributed by atoms with E-state index in [-0.39, 0.29) is 0 Å². The molecule has 0 atom stereocenters. The van der Waals surface area contributed by atoms with Gasteiger partial charge in [0.25, 0.3) is 0 Å². The second kappa shape index (κ2) is 8.78. The Morgan fingerprint density at radius 1 is 0.789 bits per heavy atom. The molecule has 0 saturated carbocycles. The van der Waals surface area contributed by atoms with Gasteiger partial charge in [0.1, 0.15) is 0 Å². The van der Waals surface area contributed by atoms with Crippen molar-refractivity contribution in [3.8, 4) is 0 Å². The van der Waals surface area contributed by atoms with Crippen LogP contribution in [0.2, 0.25) is 0 Å². The molecule has 0 amide bonds. The minimum absolute atomic E-state index is 1.08. The van der Waals surface area contributed by atoms with E-state index in [0.29, 0.717) is 0 Å². The molecule has 0 unspecified atom stereocenters. The zero-order chi connectivity index (χ0) is 13.2. The first-order valence-electron chi connectivity index (χ1n) is 6.87. The number of rotatable bonds is 8. The van der Waals surface area contributed by atoms with Gasteiger partial charge in [-0.1, -0.05) is 48.5 Å². The molecule has 0 bridgehead atoms. The maximum Gasteiger partial charge on any atom is 0.0106 e. The van der Waals surface area contributed by atoms with Crippen LogP contribution in [0.3, 0.4) is 0 Å². The standard InChI is InChI=1S/C17H21NS/c1-3-8-16(9-4-1)10-7-13-18-14-15-19-17-11-5-2-6-12-17/h1-6,8-9,11-12,18H,7,10,13-15H2. The Morgan fingerprint density at radius 2 is 1.47 bits per heavy atom. The molecule has 1 nitrogen and oxygen atoms in total. The van der Waals surface area contributed by atoms with Gasteiger partial charge in [-0.25, -0.2) is 0 Å². The molecule has 0 aliphatic carbocycles. The molecule has 2 rings (SSSR count). The molecular weight excluding hydrogens is 250 g/mol. The van der Waals surface area contributed by atoms with Crippen molar-refractivity contribution < 1.29 is 0 Å². The fourth-order valence-corrected chi connectivity index (χ4v) is 2.78. The van der Waals surface area contributed by atoms with Crippen molar-refractivity contribution in [2.45, 2.75) is 17.7 Å². The Morgan fingerprint density at radius 3 is 2.21 bits per heavy atom. The van der Waals surface area contributed by atoms with Gasteiger partial charge < -0.3 is 5.32 Å². The van der Waals surface area contributed by atoms with Crippen LogP contribution in [0.5, 0.6) is 0 Å². The third-order valence-corrected chi connectivity index (χ3v) is 3.97. The highest BCUT2D eigenvalue weighted by molar-refractivity contribution is 7.99. The summed E-state index contributed by atoms with van der Waals surface area (Å²) in [7, 11) is 0. The van der Waals surface area contributed by atoms with Gasteiger partial charge in [-0.05, 0) is 37.1 Å². The van der Waals surface area contributed by atoms with E-state index in [4.69, 9.17) is 0 Å². The first kappa shape index (κ1) is 14.2. The maximum absolute atomic E-state index is 3.51. The SMILES string of the molecule is c1ccc(CCCNCCSc2ccccc2)cc1. The lowest BCUT2D eigenvalue weighted by atomic mass is 10.1. The molecule has 0 radical (unpaired) electrons. The second-order valence-electron chi connectivity index (χ2n) is 4.50. The van der Waals surface area contributed by atoms with Crippen LogP contribution >= 0.6 is 11.8 Å². The highest BCUT2D eigenvalue weighted by Gasteiger charge is 1.94. The summed E-state index contributed by atoms with van der Waals surface area (Å²) in [6.07, 6.45) is 2.37. The van der Waals surface area contributed by atoms with Crippen LogP contribution in [-0.2, 0) is 6.42 Å². The van der Waals surface area contributed by atoms with Crippen LogP contribution in [0.1, 0.15) is 12.0 Å². The molecule has 0 saturated heterocycles. The van der Waals surface area contributed by atoms with Gasteiger partial charge in [-0.3, -0.25) is 0 Å². The smallest absolute Gasteiger partial charge is 0.0106 e. The van der Waals surface area contributed by atoms with Crippen molar-refractivity contribution in [3.63, 3.8) is 0 Å². The molecule has 2 aromatic rings. The molecule has 0 aliphatic heterocycles. The van der Waals surface area contributed by atoms with E-state index in [1.807, 2.05) is 11.8 Å². The third kappa shape index (κ3) is 5.95. The molecule has 2 aromatic carbocycles. The molecule has 2 heteroatoms. The summed E-state index contributed by atoms with van der Waals surface area (Å²) in [6, 6.07) is 21.3. The molecule has 0 spiro atoms. The lowest BCUT2D eigenvalue weighted by molar-refractivity contribution is 0.676. The molecule has 1 N–H and O–H groups in total. The molecule has 19 heavy (non-hydrogen) atoms. The van der Waals surface area contributed by atoms with Gasteiger partial charge in [0.15, 0.2) is 0 Å². The molecule has 0 aromatic heterocycles. The molecule has 0 aliphatic rings. The number of aryl methyl sites for hydroxylation is 1. The maximum atomic E-state index is 3.51. The number of hydrogen-bond acceptors (Lipinski definition) is 2. The van der Waals surface area contributed by atoms with Gasteiger partial charge in [0, 0.05) is 17.2 Å². The fraction of sp³-hybridized carbons (Fsp3) is 0.294. The van der Waals surface area contributed by atoms with E-state index in [9.17, 15) is 0 Å². The Bertz CT molecular complexity index is 398. The first-order chi connectivity index (χ1) is 9.45. The third-order valence-electron chi connectivity index (χ3n) is 2.95. The van der Waals surface area contributed by atoms with E-state index >= 15 is 0 Å². The lowest BCUT2D eigenvalue weighted by Crippen LogP contribution is -2.18. The van der Waals surface area contributed by atoms with E-state index < -0.39 is 0 Å². The fourth-order valence-electron chi connectivity index (χ4n) is 1.94. The van der Waals surface area contributed by atoms with Crippen molar-refractivity contribution in [2.75, 3.05) is 18.8 Å². The van der Waals surface area contributed by atoms with Gasteiger partial charge >= 0.3 is 0 Å². The number of thioether (sulfide) groups is 1. The average Bonchev–Trinajstić information content (AvgIpc) is 2.48. The molecule has 0 fully saturated rings. The van der Waals surface area contributed by atoms with Gasteiger partial charge in [-0.15, -0.1) is 11.8 Å². The van der Waals surface area contributed by atoms with E-state index in [1.165, 1.54) is 23.3 Å². The largest absolute Gasteiger partial charge is 0.316 e. The Balaban J connectivity index is 1.49. The monoisotopic (exact) mass is 271 g/mol. The summed E-state index contributed by atoms with van der Waals surface area (Å²) in [6.45, 7) is 2.18. The summed E-state index contributed by atoms with van der Waals surface area (Å²) in [5, 5.41) is 3.51. The summed E-state index contributed by atoms with van der Waals surface area (Å²) in [5.74, 6) is 1.13. The van der Waals surface area contributed by atoms with Crippen LogP contribution < -0.4 is 5.32 Å². The Labute approximate surface area is 120 Å². The normalized spacial score (nSPS) is 10.5. The van der Waals surface area contributed by atoms with E-state index in [1.54, 1.807) is 0 Å². The summed E-state index contributed by atoms with van der Waals surface area (Å²) >= 11 is 1.91. The summed E-state index contributed by atoms with van der Waals surface area (Å²) in [5.41, 5.74) is 1.43. The van der Waals surface area contributed by atoms with Crippen molar-refractivity contribution in [2.24, 2.45) is 0 Å². The summed E-state index contributed by atoms with van der Waals surface area (Å²) in [4.78, 5) is 1.36. The zero-order valence-electron chi connectivity index (χ0n) is 11.2. The predicted molar refractivity (Wildman–Crippen MR) is 84.8 cm³/mol. The highest BCUT2D eigenvalue weighted by atomic mass is 32.2. The van der Waals surface area contributed by atoms with E-state index in [0.717, 1.165) is 18.8 Å². The Hall–Kier alpha value is -1.25. The van der Waals surface area contributed by atoms with Crippen LogP contribution in [-0.4, -0.2) is 18.8 Å². The van der Waals surface area contributed by atoms with Crippen LogP contribution in [0.25, 0.3) is 0 Å². The Kier molecular flexibility index (Phi) is 6.55. The quantitative estimate of drug-likeness (QED) is 0.575. The predicted octanol–water partition coefficient (Wildman–Crippen LogP) is 4.00. The molecule has 100 valence electrons. The lowest BCUT2D eigenvalue weighted by Gasteiger charge is -2.05. The van der Waals surface area contributed by atoms with Gasteiger partial charge in [-0.2, -0.15) is 0 Å². The number of hydrogen-bond donors (Lipinski definition) is 1. The highest BCUT2D eigenvalue weighted by Crippen LogP contribution is 2.15. The van der Waals surface area contributed by atoms with Gasteiger partial charge in [0.2, 0.25) is 0 Å².